The number of amides is 1. The standard InChI is InChI=1S/C28H23N3O2/c1-19-11-13-20(14-12-19)15-16-22-21-7-4-6-10-25(21)31(2)26(22)27(32)30-24-9-5-3-8-23(24)28-29-17-18-33-28/h3-14H,17-18H2,1-2H3,(H,30,32). The number of carbonyl (C=O) groups excluding carboxylic acids is 1. The number of carbonyl (C=O) groups is 1. The molecule has 0 bridgehead atoms. The van der Waals surface area contributed by atoms with Crippen LogP contribution in [-0.4, -0.2) is 29.5 Å². The Kier molecular flexibility index (Phi) is 5.42. The summed E-state index contributed by atoms with van der Waals surface area (Å²) in [5, 5.41) is 4.01. The van der Waals surface area contributed by atoms with Gasteiger partial charge in [-0.1, -0.05) is 59.9 Å². The van der Waals surface area contributed by atoms with Crippen molar-refractivity contribution >= 4 is 28.4 Å². The summed E-state index contributed by atoms with van der Waals surface area (Å²) in [5.41, 5.74) is 5.69. The number of hydrogen-bond donors (Lipinski definition) is 1. The molecule has 5 heteroatoms. The van der Waals surface area contributed by atoms with Crippen LogP contribution in [0.15, 0.2) is 77.8 Å². The van der Waals surface area contributed by atoms with Crippen LogP contribution in [-0.2, 0) is 11.8 Å². The molecule has 1 aromatic heterocycles. The third kappa shape index (κ3) is 3.99. The third-order valence-corrected chi connectivity index (χ3v) is 5.70. The molecule has 3 aromatic carbocycles. The molecule has 2 heterocycles. The fourth-order valence-electron chi connectivity index (χ4n) is 4.02. The van der Waals surface area contributed by atoms with Gasteiger partial charge >= 0.3 is 0 Å². The average Bonchev–Trinajstić information content (AvgIpc) is 3.46. The molecular weight excluding hydrogens is 410 g/mol. The maximum atomic E-state index is 13.6. The van der Waals surface area contributed by atoms with Crippen molar-refractivity contribution in [2.45, 2.75) is 6.92 Å². The lowest BCUT2D eigenvalue weighted by atomic mass is 10.1. The Morgan fingerprint density at radius 3 is 2.55 bits per heavy atom. The van der Waals surface area contributed by atoms with E-state index in [1.165, 1.54) is 5.56 Å². The fraction of sp³-hybridized carbons (Fsp3) is 0.143. The Balaban J connectivity index is 1.58. The summed E-state index contributed by atoms with van der Waals surface area (Å²) in [6.45, 7) is 3.23. The number of nitrogens with zero attached hydrogens (tertiary/aromatic N) is 2. The molecule has 0 saturated heterocycles. The Morgan fingerprint density at radius 2 is 1.76 bits per heavy atom. The quantitative estimate of drug-likeness (QED) is 0.467. The number of benzene rings is 3. The Labute approximate surface area is 192 Å². The van der Waals surface area contributed by atoms with Gasteiger partial charge in [-0.25, -0.2) is 4.99 Å². The second-order valence-electron chi connectivity index (χ2n) is 7.95. The van der Waals surface area contributed by atoms with Gasteiger partial charge in [0, 0.05) is 23.5 Å². The van der Waals surface area contributed by atoms with E-state index < -0.39 is 0 Å². The summed E-state index contributed by atoms with van der Waals surface area (Å²) >= 11 is 0. The van der Waals surface area contributed by atoms with Crippen LogP contribution in [0, 0.1) is 18.8 Å². The van der Waals surface area contributed by atoms with E-state index in [9.17, 15) is 4.79 Å². The first kappa shape index (κ1) is 20.6. The highest BCUT2D eigenvalue weighted by atomic mass is 16.5. The lowest BCUT2D eigenvalue weighted by molar-refractivity contribution is 0.101. The van der Waals surface area contributed by atoms with Crippen LogP contribution in [0.1, 0.15) is 32.7 Å². The van der Waals surface area contributed by atoms with Gasteiger partial charge in [-0.05, 0) is 37.3 Å². The number of fused-ring (bicyclic) bond motifs is 1. The zero-order valence-corrected chi connectivity index (χ0v) is 18.6. The summed E-state index contributed by atoms with van der Waals surface area (Å²) in [5.74, 6) is 6.82. The molecule has 4 aromatic rings. The second kappa shape index (κ2) is 8.68. The third-order valence-electron chi connectivity index (χ3n) is 5.70. The Bertz CT molecular complexity index is 1450. The van der Waals surface area contributed by atoms with Crippen molar-refractivity contribution in [3.05, 3.63) is 101 Å². The number of anilines is 1. The van der Waals surface area contributed by atoms with Gasteiger partial charge in [0.2, 0.25) is 5.90 Å². The van der Waals surface area contributed by atoms with Crippen molar-refractivity contribution in [3.8, 4) is 11.8 Å². The molecule has 162 valence electrons. The highest BCUT2D eigenvalue weighted by Crippen LogP contribution is 2.27. The van der Waals surface area contributed by atoms with E-state index in [1.54, 1.807) is 0 Å². The summed E-state index contributed by atoms with van der Waals surface area (Å²) in [4.78, 5) is 18.0. The van der Waals surface area contributed by atoms with E-state index in [-0.39, 0.29) is 5.91 Å². The van der Waals surface area contributed by atoms with E-state index in [0.717, 1.165) is 22.0 Å². The summed E-state index contributed by atoms with van der Waals surface area (Å²) in [6.07, 6.45) is 0. The smallest absolute Gasteiger partial charge is 0.273 e. The van der Waals surface area contributed by atoms with Crippen molar-refractivity contribution in [3.63, 3.8) is 0 Å². The van der Waals surface area contributed by atoms with Gasteiger partial charge in [0.25, 0.3) is 5.91 Å². The zero-order chi connectivity index (χ0) is 22.8. The Morgan fingerprint density at radius 1 is 1.00 bits per heavy atom. The summed E-state index contributed by atoms with van der Waals surface area (Å²) in [6, 6.07) is 23.5. The average molecular weight is 434 g/mol. The number of aliphatic imine (C=N–C) groups is 1. The largest absolute Gasteiger partial charge is 0.475 e. The molecule has 1 amide bonds. The van der Waals surface area contributed by atoms with Crippen molar-refractivity contribution in [1.29, 1.82) is 0 Å². The van der Waals surface area contributed by atoms with E-state index in [4.69, 9.17) is 4.74 Å². The molecular formula is C28H23N3O2. The molecule has 1 aliphatic heterocycles. The predicted octanol–water partition coefficient (Wildman–Crippen LogP) is 4.92. The van der Waals surface area contributed by atoms with Crippen molar-refractivity contribution in [2.75, 3.05) is 18.5 Å². The van der Waals surface area contributed by atoms with Gasteiger partial charge in [-0.3, -0.25) is 4.79 Å². The van der Waals surface area contributed by atoms with Crippen LogP contribution in [0.5, 0.6) is 0 Å². The first-order valence-electron chi connectivity index (χ1n) is 10.9. The van der Waals surface area contributed by atoms with Crippen molar-refractivity contribution in [1.82, 2.24) is 4.57 Å². The molecule has 0 atom stereocenters. The number of aromatic nitrogens is 1. The van der Waals surface area contributed by atoms with Crippen LogP contribution in [0.4, 0.5) is 5.69 Å². The Hall–Kier alpha value is -4.30. The molecule has 0 aliphatic carbocycles. The van der Waals surface area contributed by atoms with Crippen LogP contribution in [0.2, 0.25) is 0 Å². The topological polar surface area (TPSA) is 55.6 Å². The molecule has 0 unspecified atom stereocenters. The zero-order valence-electron chi connectivity index (χ0n) is 18.6. The van der Waals surface area contributed by atoms with Crippen molar-refractivity contribution < 1.29 is 9.53 Å². The number of ether oxygens (including phenoxy) is 1. The SMILES string of the molecule is Cc1ccc(C#Cc2c(C(=O)Nc3ccccc3C3=NCCO3)n(C)c3ccccc23)cc1. The number of para-hydroxylation sites is 2. The molecule has 0 saturated carbocycles. The number of aryl methyl sites for hydroxylation is 2. The molecule has 33 heavy (non-hydrogen) atoms. The number of nitrogens with one attached hydrogen (secondary N) is 1. The molecule has 5 nitrogen and oxygen atoms in total. The maximum Gasteiger partial charge on any atom is 0.273 e. The van der Waals surface area contributed by atoms with E-state index in [2.05, 4.69) is 22.2 Å². The van der Waals surface area contributed by atoms with Gasteiger partial charge in [0.1, 0.15) is 12.3 Å². The summed E-state index contributed by atoms with van der Waals surface area (Å²) in [7, 11) is 1.89. The molecule has 1 aliphatic rings. The maximum absolute atomic E-state index is 13.6. The highest BCUT2D eigenvalue weighted by molar-refractivity contribution is 6.12. The predicted molar refractivity (Wildman–Crippen MR) is 132 cm³/mol. The highest BCUT2D eigenvalue weighted by Gasteiger charge is 2.22. The minimum absolute atomic E-state index is 0.229. The van der Waals surface area contributed by atoms with Gasteiger partial charge in [0.15, 0.2) is 0 Å². The normalized spacial score (nSPS) is 12.6. The molecule has 5 rings (SSSR count). The molecule has 1 N–H and O–H groups in total. The molecule has 0 fully saturated rings. The van der Waals surface area contributed by atoms with E-state index >= 15 is 0 Å². The van der Waals surface area contributed by atoms with Gasteiger partial charge in [0.05, 0.1) is 23.4 Å². The monoisotopic (exact) mass is 433 g/mol. The first-order valence-corrected chi connectivity index (χ1v) is 10.9. The first-order chi connectivity index (χ1) is 16.1. The number of rotatable bonds is 3. The minimum Gasteiger partial charge on any atom is -0.475 e. The van der Waals surface area contributed by atoms with Crippen LogP contribution >= 0.6 is 0 Å². The number of hydrogen-bond acceptors (Lipinski definition) is 3. The van der Waals surface area contributed by atoms with Crippen LogP contribution < -0.4 is 5.32 Å². The van der Waals surface area contributed by atoms with E-state index in [0.29, 0.717) is 36.0 Å². The van der Waals surface area contributed by atoms with Gasteiger partial charge in [-0.2, -0.15) is 0 Å². The lowest BCUT2D eigenvalue weighted by Crippen LogP contribution is -2.19. The second-order valence-corrected chi connectivity index (χ2v) is 7.95. The van der Waals surface area contributed by atoms with Gasteiger partial charge in [-0.15, -0.1) is 0 Å². The van der Waals surface area contributed by atoms with Crippen LogP contribution in [0.25, 0.3) is 10.9 Å². The fourth-order valence-corrected chi connectivity index (χ4v) is 4.02. The van der Waals surface area contributed by atoms with Gasteiger partial charge < -0.3 is 14.6 Å². The van der Waals surface area contributed by atoms with E-state index in [1.807, 2.05) is 91.3 Å². The van der Waals surface area contributed by atoms with Crippen molar-refractivity contribution in [2.24, 2.45) is 12.0 Å². The lowest BCUT2D eigenvalue weighted by Gasteiger charge is -2.12. The minimum atomic E-state index is -0.229. The molecule has 0 spiro atoms. The van der Waals surface area contributed by atoms with Crippen LogP contribution in [0.3, 0.4) is 0 Å². The molecule has 0 radical (unpaired) electrons. The summed E-state index contributed by atoms with van der Waals surface area (Å²) < 4.78 is 7.53.